The van der Waals surface area contributed by atoms with Gasteiger partial charge in [0, 0.05) is 60.8 Å². The molecule has 9 nitrogen and oxygen atoms in total. The average molecular weight is 621 g/mol. The van der Waals surface area contributed by atoms with Crippen molar-refractivity contribution in [3.63, 3.8) is 0 Å². The van der Waals surface area contributed by atoms with Gasteiger partial charge in [-0.1, -0.05) is 24.3 Å². The van der Waals surface area contributed by atoms with Gasteiger partial charge >= 0.3 is 0 Å². The van der Waals surface area contributed by atoms with Crippen molar-refractivity contribution in [3.05, 3.63) is 84.6 Å². The molecule has 8 rings (SSSR count). The van der Waals surface area contributed by atoms with Gasteiger partial charge in [-0.2, -0.15) is 0 Å². The van der Waals surface area contributed by atoms with Crippen LogP contribution in [0, 0.1) is 5.92 Å². The number of carbonyl (C=O) groups excluding carboxylic acids is 1. The first-order valence-electron chi connectivity index (χ1n) is 15.6. The Morgan fingerprint density at radius 1 is 0.867 bits per heavy atom. The summed E-state index contributed by atoms with van der Waals surface area (Å²) in [6, 6.07) is 24.8. The summed E-state index contributed by atoms with van der Waals surface area (Å²) in [7, 11) is 0. The van der Waals surface area contributed by atoms with Crippen molar-refractivity contribution in [1.29, 1.82) is 0 Å². The molecule has 3 aromatic heterocycles. The number of halogens is 1. The summed E-state index contributed by atoms with van der Waals surface area (Å²) < 4.78 is 2.07. The Labute approximate surface area is 268 Å². The molecule has 3 fully saturated rings. The maximum absolute atomic E-state index is 12.5. The maximum Gasteiger partial charge on any atom is 0.225 e. The largest absolute Gasteiger partial charge is 0.383 e. The molecule has 4 N–H and O–H groups in total. The molecule has 0 radical (unpaired) electrons. The zero-order valence-electron chi connectivity index (χ0n) is 25.1. The van der Waals surface area contributed by atoms with Gasteiger partial charge in [0.25, 0.3) is 0 Å². The van der Waals surface area contributed by atoms with Gasteiger partial charge in [0.2, 0.25) is 5.91 Å². The molecule has 0 atom stereocenters. The van der Waals surface area contributed by atoms with E-state index in [-0.39, 0.29) is 23.9 Å². The average Bonchev–Trinajstić information content (AvgIpc) is 3.84. The minimum absolute atomic E-state index is 0. The van der Waals surface area contributed by atoms with Crippen LogP contribution in [0.3, 0.4) is 0 Å². The summed E-state index contributed by atoms with van der Waals surface area (Å²) in [5, 5.41) is 0. The van der Waals surface area contributed by atoms with Gasteiger partial charge < -0.3 is 21.3 Å². The molecule has 2 saturated carbocycles. The van der Waals surface area contributed by atoms with Crippen molar-refractivity contribution in [1.82, 2.24) is 24.4 Å². The molecule has 5 aromatic rings. The van der Waals surface area contributed by atoms with E-state index in [9.17, 15) is 4.79 Å². The highest BCUT2D eigenvalue weighted by Crippen LogP contribution is 2.39. The molecule has 1 saturated heterocycles. The van der Waals surface area contributed by atoms with Crippen molar-refractivity contribution < 1.29 is 4.79 Å². The first-order valence-corrected chi connectivity index (χ1v) is 15.6. The molecular weight excluding hydrogens is 584 g/mol. The summed E-state index contributed by atoms with van der Waals surface area (Å²) in [5.41, 5.74) is 20.2. The number of rotatable bonds is 6. The van der Waals surface area contributed by atoms with E-state index in [1.54, 1.807) is 6.20 Å². The molecule has 0 bridgehead atoms. The number of amides is 1. The highest BCUT2D eigenvalue weighted by molar-refractivity contribution is 5.86. The molecule has 0 spiro atoms. The number of nitrogen functional groups attached to an aromatic ring is 1. The van der Waals surface area contributed by atoms with Crippen LogP contribution in [0.15, 0.2) is 79.0 Å². The predicted octanol–water partition coefficient (Wildman–Crippen LogP) is 5.55. The molecule has 4 heterocycles. The summed E-state index contributed by atoms with van der Waals surface area (Å²) in [6.45, 7) is 3.20. The Balaban J connectivity index is 0.00000325. The van der Waals surface area contributed by atoms with Gasteiger partial charge in [-0.25, -0.2) is 15.0 Å². The van der Waals surface area contributed by atoms with Crippen LogP contribution in [-0.2, 0) is 10.3 Å². The highest BCUT2D eigenvalue weighted by atomic mass is 35.5. The molecule has 1 amide bonds. The first kappa shape index (κ1) is 29.3. The molecule has 2 aromatic carbocycles. The molecular formula is C35H37ClN8O. The quantitative estimate of drug-likeness (QED) is 0.255. The third-order valence-corrected chi connectivity index (χ3v) is 9.56. The fourth-order valence-corrected chi connectivity index (χ4v) is 6.57. The van der Waals surface area contributed by atoms with Gasteiger partial charge in [-0.05, 0) is 86.2 Å². The van der Waals surface area contributed by atoms with Crippen LogP contribution in [0.4, 0.5) is 11.5 Å². The van der Waals surface area contributed by atoms with Crippen molar-refractivity contribution in [2.45, 2.75) is 37.6 Å². The molecule has 2 aliphatic carbocycles. The summed E-state index contributed by atoms with van der Waals surface area (Å²) >= 11 is 0. The number of anilines is 2. The summed E-state index contributed by atoms with van der Waals surface area (Å²) in [4.78, 5) is 31.5. The maximum atomic E-state index is 12.5. The molecule has 0 unspecified atom stereocenters. The van der Waals surface area contributed by atoms with Crippen LogP contribution >= 0.6 is 12.4 Å². The number of pyridine rings is 2. The van der Waals surface area contributed by atoms with Gasteiger partial charge in [0.15, 0.2) is 11.5 Å². The zero-order valence-corrected chi connectivity index (χ0v) is 25.9. The van der Waals surface area contributed by atoms with Crippen LogP contribution < -0.4 is 16.4 Å². The number of nitrogens with two attached hydrogens (primary N) is 2. The van der Waals surface area contributed by atoms with E-state index in [0.717, 1.165) is 96.8 Å². The SMILES string of the molecule is Cl.Nc1ncccc1-c1nc2ccc(-c3cccc(N4CCN(C(=O)C5CC5)CC4)c3)nc2n1-c1ccc(C2(N)CCC2)cc1. The Morgan fingerprint density at radius 2 is 1.64 bits per heavy atom. The zero-order chi connectivity index (χ0) is 29.8. The topological polar surface area (TPSA) is 119 Å². The molecule has 230 valence electrons. The number of nitrogens with zero attached hydrogens (tertiary/aromatic N) is 6. The molecule has 10 heteroatoms. The van der Waals surface area contributed by atoms with E-state index in [2.05, 4.69) is 63.0 Å². The summed E-state index contributed by atoms with van der Waals surface area (Å²) in [5.74, 6) is 1.72. The number of benzene rings is 2. The van der Waals surface area contributed by atoms with Crippen molar-refractivity contribution in [2.24, 2.45) is 11.7 Å². The van der Waals surface area contributed by atoms with Crippen LogP contribution in [0.2, 0.25) is 0 Å². The minimum atomic E-state index is -0.234. The number of aromatic nitrogens is 4. The standard InChI is InChI=1S/C35H36N8O.ClH/c36-31-28(6-2-17-38-31)32-40-30-14-13-29(39-33(30)43(32)26-11-9-25(10-12-26)35(37)15-3-16-35)24-4-1-5-27(22-24)41-18-20-42(21-19-41)34(44)23-7-8-23;/h1-2,4-6,9-14,17,22-23H,3,7-8,15-16,18-21,37H2,(H2,36,38);1H. The Morgan fingerprint density at radius 3 is 2.33 bits per heavy atom. The number of hydrogen-bond acceptors (Lipinski definition) is 7. The Kier molecular flexibility index (Phi) is 7.46. The first-order chi connectivity index (χ1) is 21.5. The Hall–Kier alpha value is -4.47. The van der Waals surface area contributed by atoms with E-state index in [4.69, 9.17) is 21.4 Å². The lowest BCUT2D eigenvalue weighted by Gasteiger charge is -2.38. The normalized spacial score (nSPS) is 17.5. The number of imidazole rings is 1. The van der Waals surface area contributed by atoms with Gasteiger partial charge in [0.1, 0.15) is 11.3 Å². The van der Waals surface area contributed by atoms with E-state index in [1.165, 1.54) is 6.42 Å². The van der Waals surface area contributed by atoms with Gasteiger partial charge in [0.05, 0.1) is 11.3 Å². The molecule has 1 aliphatic heterocycles. The van der Waals surface area contributed by atoms with E-state index >= 15 is 0 Å². The van der Waals surface area contributed by atoms with Crippen LogP contribution in [0.1, 0.15) is 37.7 Å². The predicted molar refractivity (Wildman–Crippen MR) is 180 cm³/mol. The van der Waals surface area contributed by atoms with Crippen LogP contribution in [0.25, 0.3) is 39.5 Å². The second kappa shape index (κ2) is 11.5. The fourth-order valence-electron chi connectivity index (χ4n) is 6.57. The van der Waals surface area contributed by atoms with Crippen LogP contribution in [0.5, 0.6) is 0 Å². The lowest BCUT2D eigenvalue weighted by Crippen LogP contribution is -2.49. The van der Waals surface area contributed by atoms with Crippen LogP contribution in [-0.4, -0.2) is 56.5 Å². The number of carbonyl (C=O) groups is 1. The van der Waals surface area contributed by atoms with Crippen molar-refractivity contribution in [3.8, 4) is 28.3 Å². The van der Waals surface area contributed by atoms with Crippen molar-refractivity contribution in [2.75, 3.05) is 36.8 Å². The smallest absolute Gasteiger partial charge is 0.225 e. The second-order valence-electron chi connectivity index (χ2n) is 12.4. The number of fused-ring (bicyclic) bond motifs is 1. The lowest BCUT2D eigenvalue weighted by molar-refractivity contribution is -0.132. The van der Waals surface area contributed by atoms with E-state index < -0.39 is 0 Å². The second-order valence-corrected chi connectivity index (χ2v) is 12.4. The minimum Gasteiger partial charge on any atom is -0.383 e. The highest BCUT2D eigenvalue weighted by Gasteiger charge is 2.35. The monoisotopic (exact) mass is 620 g/mol. The number of piperazine rings is 1. The molecule has 3 aliphatic rings. The third kappa shape index (κ3) is 5.30. The molecule has 45 heavy (non-hydrogen) atoms. The van der Waals surface area contributed by atoms with E-state index in [1.807, 2.05) is 29.2 Å². The summed E-state index contributed by atoms with van der Waals surface area (Å²) in [6.07, 6.45) is 6.97. The third-order valence-electron chi connectivity index (χ3n) is 9.56. The van der Waals surface area contributed by atoms with Gasteiger partial charge in [-0.15, -0.1) is 12.4 Å². The lowest BCUT2D eigenvalue weighted by atomic mass is 9.73. The van der Waals surface area contributed by atoms with Gasteiger partial charge in [-0.3, -0.25) is 9.36 Å². The Bertz CT molecular complexity index is 1870. The number of hydrogen-bond donors (Lipinski definition) is 2. The fraction of sp³-hybridized carbons (Fsp3) is 0.314. The van der Waals surface area contributed by atoms with E-state index in [0.29, 0.717) is 17.5 Å². The van der Waals surface area contributed by atoms with Crippen molar-refractivity contribution >= 4 is 41.0 Å².